The number of nitrogens with one attached hydrogen (secondary N) is 1. The minimum absolute atomic E-state index is 0.0727. The Hall–Kier alpha value is -0.870. The smallest absolute Gasteiger partial charge is 0.238 e. The molecule has 2 rings (SSSR count). The van der Waals surface area contributed by atoms with Crippen molar-refractivity contribution in [1.29, 1.82) is 0 Å². The second-order valence-corrected chi connectivity index (χ2v) is 6.93. The minimum atomic E-state index is 0.0727. The third kappa shape index (κ3) is 5.11. The van der Waals surface area contributed by atoms with Crippen molar-refractivity contribution >= 4 is 27.5 Å². The molecule has 0 spiro atoms. The largest absolute Gasteiger partial charge is 0.325 e. The van der Waals surface area contributed by atoms with E-state index in [0.29, 0.717) is 12.6 Å². The predicted octanol–water partition coefficient (Wildman–Crippen LogP) is 4.35. The molecule has 3 nitrogen and oxygen atoms in total. The number of carbonyl (C=O) groups is 1. The zero-order valence-corrected chi connectivity index (χ0v) is 14.6. The topological polar surface area (TPSA) is 32.3 Å². The van der Waals surface area contributed by atoms with E-state index in [1.165, 1.54) is 38.5 Å². The van der Waals surface area contributed by atoms with Gasteiger partial charge in [0.15, 0.2) is 0 Å². The van der Waals surface area contributed by atoms with Crippen LogP contribution in [0.5, 0.6) is 0 Å². The molecule has 1 amide bonds. The fourth-order valence-corrected chi connectivity index (χ4v) is 3.22. The lowest BCUT2D eigenvalue weighted by atomic mass is 10.1. The van der Waals surface area contributed by atoms with Gasteiger partial charge in [-0.1, -0.05) is 41.6 Å². The summed E-state index contributed by atoms with van der Waals surface area (Å²) < 4.78 is 1.07. The van der Waals surface area contributed by atoms with E-state index < -0.39 is 0 Å². The van der Waals surface area contributed by atoms with Crippen molar-refractivity contribution in [2.45, 2.75) is 51.5 Å². The summed E-state index contributed by atoms with van der Waals surface area (Å²) in [7, 11) is 2.07. The Morgan fingerprint density at radius 2 is 1.95 bits per heavy atom. The van der Waals surface area contributed by atoms with Crippen LogP contribution in [-0.4, -0.2) is 30.4 Å². The Morgan fingerprint density at radius 3 is 2.57 bits per heavy atom. The number of rotatable bonds is 4. The summed E-state index contributed by atoms with van der Waals surface area (Å²) in [6.07, 6.45) is 7.72. The molecule has 0 heterocycles. The summed E-state index contributed by atoms with van der Waals surface area (Å²) in [4.78, 5) is 14.4. The predicted molar refractivity (Wildman–Crippen MR) is 91.6 cm³/mol. The molecule has 0 atom stereocenters. The zero-order chi connectivity index (χ0) is 15.2. The van der Waals surface area contributed by atoms with Crippen molar-refractivity contribution < 1.29 is 4.79 Å². The van der Waals surface area contributed by atoms with Crippen molar-refractivity contribution in [3.8, 4) is 0 Å². The van der Waals surface area contributed by atoms with E-state index in [2.05, 4.69) is 33.2 Å². The lowest BCUT2D eigenvalue weighted by molar-refractivity contribution is -0.117. The van der Waals surface area contributed by atoms with Crippen LogP contribution in [0, 0.1) is 6.92 Å². The van der Waals surface area contributed by atoms with E-state index in [9.17, 15) is 4.79 Å². The van der Waals surface area contributed by atoms with Gasteiger partial charge in [0.05, 0.1) is 6.54 Å². The van der Waals surface area contributed by atoms with E-state index in [-0.39, 0.29) is 5.91 Å². The van der Waals surface area contributed by atoms with E-state index in [1.54, 1.807) is 0 Å². The maximum Gasteiger partial charge on any atom is 0.238 e. The first-order chi connectivity index (χ1) is 10.1. The maximum absolute atomic E-state index is 12.2. The molecule has 116 valence electrons. The van der Waals surface area contributed by atoms with E-state index in [4.69, 9.17) is 0 Å². The number of carbonyl (C=O) groups excluding carboxylic acids is 1. The van der Waals surface area contributed by atoms with Gasteiger partial charge in [-0.2, -0.15) is 0 Å². The molecule has 1 aromatic rings. The lowest BCUT2D eigenvalue weighted by Gasteiger charge is -2.26. The number of hydrogen-bond acceptors (Lipinski definition) is 2. The number of hydrogen-bond donors (Lipinski definition) is 1. The number of amides is 1. The standard InChI is InChI=1S/C17H25BrN2O/c1-13-11-14(9-10-16(13)18)19-17(21)12-20(2)15-7-5-3-4-6-8-15/h9-11,15H,3-8,12H2,1-2H3,(H,19,21). The number of halogens is 1. The molecule has 1 aromatic carbocycles. The number of aryl methyl sites for hydroxylation is 1. The van der Waals surface area contributed by atoms with E-state index in [1.807, 2.05) is 25.1 Å². The number of nitrogens with zero attached hydrogens (tertiary/aromatic N) is 1. The highest BCUT2D eigenvalue weighted by Gasteiger charge is 2.18. The molecule has 0 aliphatic heterocycles. The Bertz CT molecular complexity index is 482. The molecular formula is C17H25BrN2O. The van der Waals surface area contributed by atoms with Crippen LogP contribution in [0.4, 0.5) is 5.69 Å². The Labute approximate surface area is 136 Å². The van der Waals surface area contributed by atoms with Crippen LogP contribution in [-0.2, 0) is 4.79 Å². The van der Waals surface area contributed by atoms with Gasteiger partial charge in [-0.15, -0.1) is 0 Å². The molecular weight excluding hydrogens is 328 g/mol. The molecule has 0 saturated heterocycles. The van der Waals surface area contributed by atoms with E-state index in [0.717, 1.165) is 15.7 Å². The number of likely N-dealkylation sites (N-methyl/N-ethyl adjacent to an activating group) is 1. The van der Waals surface area contributed by atoms with Crippen LogP contribution in [0.25, 0.3) is 0 Å². The first-order valence-electron chi connectivity index (χ1n) is 7.82. The van der Waals surface area contributed by atoms with Crippen LogP contribution >= 0.6 is 15.9 Å². The van der Waals surface area contributed by atoms with Crippen molar-refractivity contribution in [2.24, 2.45) is 0 Å². The van der Waals surface area contributed by atoms with Gasteiger partial charge in [-0.25, -0.2) is 0 Å². The third-order valence-electron chi connectivity index (χ3n) is 4.28. The Morgan fingerprint density at radius 1 is 1.29 bits per heavy atom. The molecule has 1 fully saturated rings. The summed E-state index contributed by atoms with van der Waals surface area (Å²) in [6, 6.07) is 6.46. The van der Waals surface area contributed by atoms with Gasteiger partial charge in [0.1, 0.15) is 0 Å². The highest BCUT2D eigenvalue weighted by molar-refractivity contribution is 9.10. The van der Waals surface area contributed by atoms with Gasteiger partial charge >= 0.3 is 0 Å². The highest BCUT2D eigenvalue weighted by atomic mass is 79.9. The highest BCUT2D eigenvalue weighted by Crippen LogP contribution is 2.22. The Balaban J connectivity index is 1.86. The molecule has 1 aliphatic rings. The molecule has 4 heteroatoms. The monoisotopic (exact) mass is 352 g/mol. The summed E-state index contributed by atoms with van der Waals surface area (Å²) in [5.74, 6) is 0.0727. The van der Waals surface area contributed by atoms with E-state index >= 15 is 0 Å². The number of anilines is 1. The molecule has 1 N–H and O–H groups in total. The van der Waals surface area contributed by atoms with Crippen LogP contribution < -0.4 is 5.32 Å². The summed E-state index contributed by atoms with van der Waals surface area (Å²) in [5, 5.41) is 2.99. The van der Waals surface area contributed by atoms with Crippen LogP contribution in [0.1, 0.15) is 44.1 Å². The summed E-state index contributed by atoms with van der Waals surface area (Å²) >= 11 is 3.47. The van der Waals surface area contributed by atoms with Crippen molar-refractivity contribution in [3.05, 3.63) is 28.2 Å². The van der Waals surface area contributed by atoms with Crippen molar-refractivity contribution in [2.75, 3.05) is 18.9 Å². The molecule has 21 heavy (non-hydrogen) atoms. The molecule has 0 radical (unpaired) electrons. The summed E-state index contributed by atoms with van der Waals surface area (Å²) in [5.41, 5.74) is 2.00. The SMILES string of the molecule is Cc1cc(NC(=O)CN(C)C2CCCCCC2)ccc1Br. The molecule has 0 aromatic heterocycles. The second kappa shape index (κ2) is 7.95. The van der Waals surface area contributed by atoms with Gasteiger partial charge in [0.2, 0.25) is 5.91 Å². The zero-order valence-electron chi connectivity index (χ0n) is 13.0. The van der Waals surface area contributed by atoms with Crippen LogP contribution in [0.15, 0.2) is 22.7 Å². The third-order valence-corrected chi connectivity index (χ3v) is 5.17. The van der Waals surface area contributed by atoms with Gasteiger partial charge in [-0.3, -0.25) is 9.69 Å². The summed E-state index contributed by atoms with van der Waals surface area (Å²) in [6.45, 7) is 2.50. The molecule has 1 saturated carbocycles. The van der Waals surface area contributed by atoms with Gasteiger partial charge in [0, 0.05) is 16.2 Å². The normalized spacial score (nSPS) is 16.8. The van der Waals surface area contributed by atoms with Crippen LogP contribution in [0.3, 0.4) is 0 Å². The first kappa shape index (κ1) is 16.5. The molecule has 1 aliphatic carbocycles. The second-order valence-electron chi connectivity index (χ2n) is 6.07. The van der Waals surface area contributed by atoms with Gasteiger partial charge in [0.25, 0.3) is 0 Å². The number of benzene rings is 1. The average molecular weight is 353 g/mol. The first-order valence-corrected chi connectivity index (χ1v) is 8.62. The maximum atomic E-state index is 12.2. The van der Waals surface area contributed by atoms with Crippen molar-refractivity contribution in [3.63, 3.8) is 0 Å². The Kier molecular flexibility index (Phi) is 6.24. The average Bonchev–Trinajstić information content (AvgIpc) is 2.72. The fraction of sp³-hybridized carbons (Fsp3) is 0.588. The van der Waals surface area contributed by atoms with Gasteiger partial charge < -0.3 is 5.32 Å². The molecule has 0 unspecified atom stereocenters. The van der Waals surface area contributed by atoms with Gasteiger partial charge in [-0.05, 0) is 50.6 Å². The van der Waals surface area contributed by atoms with Crippen molar-refractivity contribution in [1.82, 2.24) is 4.90 Å². The molecule has 0 bridgehead atoms. The minimum Gasteiger partial charge on any atom is -0.325 e. The quantitative estimate of drug-likeness (QED) is 0.816. The van der Waals surface area contributed by atoms with Crippen LogP contribution in [0.2, 0.25) is 0 Å². The fourth-order valence-electron chi connectivity index (χ4n) is 2.98. The lowest BCUT2D eigenvalue weighted by Crippen LogP contribution is -2.37.